The van der Waals surface area contributed by atoms with E-state index in [1.54, 1.807) is 43.8 Å². The summed E-state index contributed by atoms with van der Waals surface area (Å²) in [6, 6.07) is 0. The molecule has 0 radical (unpaired) electrons. The summed E-state index contributed by atoms with van der Waals surface area (Å²) in [5, 5.41) is 3.45. The van der Waals surface area contributed by atoms with Crippen molar-refractivity contribution in [2.45, 2.75) is 68.5 Å². The highest BCUT2D eigenvalue weighted by Crippen LogP contribution is 2.48. The molecule has 0 N–H and O–H groups in total. The molecule has 2 atom stereocenters. The standard InChI is InChI=1S/C20H32Si/c1-11-12(2)16(6)19(15(11)5)21(9,10)20-17(7)13(3)14(4)18(20)8/h11,13H,1-10H3. The molecule has 0 aliphatic heterocycles. The van der Waals surface area contributed by atoms with Crippen LogP contribution in [0.2, 0.25) is 13.1 Å². The highest BCUT2D eigenvalue weighted by molar-refractivity contribution is 6.92. The Kier molecular flexibility index (Phi) is 4.03. The van der Waals surface area contributed by atoms with E-state index in [0.717, 1.165) is 0 Å². The molecule has 0 aromatic heterocycles. The van der Waals surface area contributed by atoms with Crippen molar-refractivity contribution in [3.05, 3.63) is 43.8 Å². The molecule has 0 aromatic rings. The summed E-state index contributed by atoms with van der Waals surface area (Å²) >= 11 is 0. The summed E-state index contributed by atoms with van der Waals surface area (Å²) < 4.78 is 0. The maximum atomic E-state index is 2.56. The SMILES string of the molecule is CC1=C(C)C(C)C(C)=C1[Si](C)(C)C1=C(C)C(C)C(C)=C1C. The first-order chi connectivity index (χ1) is 9.53. The maximum Gasteiger partial charge on any atom is 0.112 e. The zero-order chi connectivity index (χ0) is 16.3. The quantitative estimate of drug-likeness (QED) is 0.519. The van der Waals surface area contributed by atoms with Gasteiger partial charge in [-0.05, 0) is 53.4 Å². The summed E-state index contributed by atoms with van der Waals surface area (Å²) in [4.78, 5) is 0. The van der Waals surface area contributed by atoms with Gasteiger partial charge in [-0.15, -0.1) is 0 Å². The second-order valence-electron chi connectivity index (χ2n) is 7.80. The Morgan fingerprint density at radius 2 is 0.857 bits per heavy atom. The average molecular weight is 301 g/mol. The normalized spacial score (nSPS) is 27.7. The topological polar surface area (TPSA) is 0 Å². The number of hydrogen-bond donors (Lipinski definition) is 0. The second kappa shape index (κ2) is 5.12. The van der Waals surface area contributed by atoms with Crippen molar-refractivity contribution in [2.24, 2.45) is 11.8 Å². The van der Waals surface area contributed by atoms with E-state index in [4.69, 9.17) is 0 Å². The highest BCUT2D eigenvalue weighted by atomic mass is 28.3. The monoisotopic (exact) mass is 300 g/mol. The largest absolute Gasteiger partial charge is 0.112 e. The lowest BCUT2D eigenvalue weighted by Crippen LogP contribution is -2.34. The second-order valence-corrected chi connectivity index (χ2v) is 12.1. The Balaban J connectivity index is 2.65. The molecule has 0 aromatic carbocycles. The van der Waals surface area contributed by atoms with Crippen molar-refractivity contribution in [1.29, 1.82) is 0 Å². The van der Waals surface area contributed by atoms with Gasteiger partial charge in [-0.3, -0.25) is 0 Å². The van der Waals surface area contributed by atoms with Crippen molar-refractivity contribution in [2.75, 3.05) is 0 Å². The number of rotatable bonds is 2. The van der Waals surface area contributed by atoms with E-state index in [1.807, 2.05) is 0 Å². The number of hydrogen-bond acceptors (Lipinski definition) is 0. The van der Waals surface area contributed by atoms with Gasteiger partial charge in [0.05, 0.1) is 0 Å². The van der Waals surface area contributed by atoms with Crippen LogP contribution in [0.25, 0.3) is 0 Å². The van der Waals surface area contributed by atoms with Crippen LogP contribution in [0, 0.1) is 11.8 Å². The molecule has 116 valence electrons. The van der Waals surface area contributed by atoms with Crippen molar-refractivity contribution in [3.8, 4) is 0 Å². The van der Waals surface area contributed by atoms with Gasteiger partial charge in [0, 0.05) is 0 Å². The lowest BCUT2D eigenvalue weighted by Gasteiger charge is -2.31. The predicted molar refractivity (Wildman–Crippen MR) is 98.0 cm³/mol. The molecule has 0 bridgehead atoms. The molecule has 2 unspecified atom stereocenters. The lowest BCUT2D eigenvalue weighted by molar-refractivity contribution is 0.815. The van der Waals surface area contributed by atoms with Crippen LogP contribution in [0.1, 0.15) is 55.4 Å². The van der Waals surface area contributed by atoms with Crippen LogP contribution < -0.4 is 0 Å². The van der Waals surface area contributed by atoms with Gasteiger partial charge in [0.15, 0.2) is 0 Å². The molecule has 0 fully saturated rings. The van der Waals surface area contributed by atoms with Crippen LogP contribution in [0.3, 0.4) is 0 Å². The van der Waals surface area contributed by atoms with Gasteiger partial charge < -0.3 is 0 Å². The fourth-order valence-electron chi connectivity index (χ4n) is 4.77. The van der Waals surface area contributed by atoms with Crippen LogP contribution in [-0.2, 0) is 0 Å². The fourth-order valence-corrected chi connectivity index (χ4v) is 9.69. The fraction of sp³-hybridized carbons (Fsp3) is 0.600. The van der Waals surface area contributed by atoms with E-state index in [1.165, 1.54) is 0 Å². The van der Waals surface area contributed by atoms with Crippen molar-refractivity contribution in [1.82, 2.24) is 0 Å². The smallest absolute Gasteiger partial charge is 0.0665 e. The molecular formula is C20H32Si. The first-order valence-corrected chi connectivity index (χ1v) is 11.3. The van der Waals surface area contributed by atoms with E-state index in [2.05, 4.69) is 68.5 Å². The summed E-state index contributed by atoms with van der Waals surface area (Å²) in [6.45, 7) is 24.0. The summed E-state index contributed by atoms with van der Waals surface area (Å²) in [5.41, 5.74) is 9.61. The zero-order valence-electron chi connectivity index (χ0n) is 15.7. The third-order valence-electron chi connectivity index (χ3n) is 6.57. The van der Waals surface area contributed by atoms with E-state index in [9.17, 15) is 0 Å². The van der Waals surface area contributed by atoms with Crippen LogP contribution in [-0.4, -0.2) is 8.07 Å². The zero-order valence-corrected chi connectivity index (χ0v) is 16.7. The van der Waals surface area contributed by atoms with Crippen molar-refractivity contribution < 1.29 is 0 Å². The predicted octanol–water partition coefficient (Wildman–Crippen LogP) is 6.38. The van der Waals surface area contributed by atoms with Crippen molar-refractivity contribution >= 4 is 8.07 Å². The van der Waals surface area contributed by atoms with Crippen LogP contribution in [0.4, 0.5) is 0 Å². The van der Waals surface area contributed by atoms with E-state index in [-0.39, 0.29) is 0 Å². The average Bonchev–Trinajstić information content (AvgIpc) is 2.72. The molecule has 0 spiro atoms. The Labute approximate surface area is 132 Å². The minimum atomic E-state index is -1.61. The van der Waals surface area contributed by atoms with Gasteiger partial charge >= 0.3 is 0 Å². The third kappa shape index (κ3) is 2.16. The van der Waals surface area contributed by atoms with Gasteiger partial charge in [-0.1, -0.05) is 70.8 Å². The summed E-state index contributed by atoms with van der Waals surface area (Å²) in [5.74, 6) is 1.27. The van der Waals surface area contributed by atoms with Gasteiger partial charge in [0.1, 0.15) is 8.07 Å². The third-order valence-corrected chi connectivity index (χ3v) is 10.6. The molecule has 1 heteroatoms. The van der Waals surface area contributed by atoms with Crippen LogP contribution in [0.15, 0.2) is 43.8 Å². The molecule has 0 nitrogen and oxygen atoms in total. The molecule has 21 heavy (non-hydrogen) atoms. The minimum Gasteiger partial charge on any atom is -0.0665 e. The van der Waals surface area contributed by atoms with Crippen LogP contribution in [0.5, 0.6) is 0 Å². The molecular weight excluding hydrogens is 268 g/mol. The van der Waals surface area contributed by atoms with Gasteiger partial charge in [0.2, 0.25) is 0 Å². The number of allylic oxidation sites excluding steroid dienone is 8. The molecule has 0 saturated carbocycles. The van der Waals surface area contributed by atoms with Crippen molar-refractivity contribution in [3.63, 3.8) is 0 Å². The Morgan fingerprint density at radius 3 is 1.05 bits per heavy atom. The molecule has 0 heterocycles. The minimum absolute atomic E-state index is 0.636. The highest BCUT2D eigenvalue weighted by Gasteiger charge is 2.41. The Morgan fingerprint density at radius 1 is 0.571 bits per heavy atom. The van der Waals surface area contributed by atoms with E-state index >= 15 is 0 Å². The first-order valence-electron chi connectivity index (χ1n) is 8.31. The lowest BCUT2D eigenvalue weighted by atomic mass is 10.0. The van der Waals surface area contributed by atoms with E-state index < -0.39 is 8.07 Å². The summed E-state index contributed by atoms with van der Waals surface area (Å²) in [6.07, 6.45) is 0. The van der Waals surface area contributed by atoms with Gasteiger partial charge in [0.25, 0.3) is 0 Å². The molecule has 2 aliphatic rings. The Bertz CT molecular complexity index is 566. The molecule has 0 saturated heterocycles. The molecule has 0 amide bonds. The first kappa shape index (κ1) is 16.5. The summed E-state index contributed by atoms with van der Waals surface area (Å²) in [7, 11) is -1.61. The molecule has 2 rings (SSSR count). The van der Waals surface area contributed by atoms with E-state index in [0.29, 0.717) is 11.8 Å². The van der Waals surface area contributed by atoms with Crippen LogP contribution >= 0.6 is 0 Å². The van der Waals surface area contributed by atoms with Gasteiger partial charge in [-0.25, -0.2) is 0 Å². The molecule has 2 aliphatic carbocycles. The van der Waals surface area contributed by atoms with Gasteiger partial charge in [-0.2, -0.15) is 0 Å². The Hall–Kier alpha value is -0.823. The maximum absolute atomic E-state index is 2.56.